The molecule has 1 aromatic heterocycles. The van der Waals surface area contributed by atoms with Crippen LogP contribution in [0.2, 0.25) is 10.0 Å². The first-order valence-corrected chi connectivity index (χ1v) is 8.01. The van der Waals surface area contributed by atoms with E-state index in [1.54, 1.807) is 6.07 Å². The predicted molar refractivity (Wildman–Crippen MR) is 90.6 cm³/mol. The van der Waals surface area contributed by atoms with Crippen molar-refractivity contribution in [3.05, 3.63) is 56.6 Å². The number of aromatic hydroxyl groups is 1. The van der Waals surface area contributed by atoms with Gasteiger partial charge in [-0.3, -0.25) is 9.69 Å². The van der Waals surface area contributed by atoms with Crippen molar-refractivity contribution in [2.24, 2.45) is 0 Å². The highest BCUT2D eigenvalue weighted by atomic mass is 35.5. The smallest absolute Gasteiger partial charge is 0.226 e. The summed E-state index contributed by atoms with van der Waals surface area (Å²) in [5, 5.41) is 10.3. The van der Waals surface area contributed by atoms with E-state index in [-0.39, 0.29) is 5.75 Å². The third-order valence-electron chi connectivity index (χ3n) is 3.89. The molecule has 1 aliphatic heterocycles. The maximum atomic E-state index is 11.4. The van der Waals surface area contributed by atoms with E-state index >= 15 is 0 Å². The number of piperazine rings is 1. The predicted octanol–water partition coefficient (Wildman–Crippen LogP) is 2.97. The van der Waals surface area contributed by atoms with Crippen LogP contribution in [0.4, 0.5) is 5.69 Å². The molecule has 0 radical (unpaired) electrons. The van der Waals surface area contributed by atoms with Crippen LogP contribution in [0, 0.1) is 0 Å². The highest BCUT2D eigenvalue weighted by molar-refractivity contribution is 6.42. The topological polar surface area (TPSA) is 56.9 Å². The highest BCUT2D eigenvalue weighted by Gasteiger charge is 2.19. The molecule has 0 aliphatic carbocycles. The van der Waals surface area contributed by atoms with Crippen molar-refractivity contribution in [2.75, 3.05) is 31.1 Å². The molecule has 3 rings (SSSR count). The summed E-state index contributed by atoms with van der Waals surface area (Å²) < 4.78 is 5.24. The van der Waals surface area contributed by atoms with Gasteiger partial charge in [-0.15, -0.1) is 0 Å². The van der Waals surface area contributed by atoms with E-state index in [4.69, 9.17) is 27.6 Å². The van der Waals surface area contributed by atoms with Gasteiger partial charge >= 0.3 is 0 Å². The molecular weight excluding hydrogens is 339 g/mol. The van der Waals surface area contributed by atoms with Crippen LogP contribution in [-0.2, 0) is 6.54 Å². The number of hydrogen-bond donors (Lipinski definition) is 1. The van der Waals surface area contributed by atoms with Gasteiger partial charge in [0.25, 0.3) is 0 Å². The molecule has 1 saturated heterocycles. The van der Waals surface area contributed by atoms with Crippen LogP contribution in [0.25, 0.3) is 0 Å². The fourth-order valence-electron chi connectivity index (χ4n) is 2.59. The Morgan fingerprint density at radius 2 is 1.83 bits per heavy atom. The van der Waals surface area contributed by atoms with E-state index in [0.717, 1.165) is 38.1 Å². The van der Waals surface area contributed by atoms with Crippen LogP contribution in [-0.4, -0.2) is 36.2 Å². The highest BCUT2D eigenvalue weighted by Crippen LogP contribution is 2.27. The maximum absolute atomic E-state index is 11.4. The molecule has 0 amide bonds. The Morgan fingerprint density at radius 1 is 1.09 bits per heavy atom. The van der Waals surface area contributed by atoms with E-state index in [2.05, 4.69) is 9.80 Å². The molecule has 1 fully saturated rings. The van der Waals surface area contributed by atoms with Crippen molar-refractivity contribution in [1.29, 1.82) is 0 Å². The molecule has 1 N–H and O–H groups in total. The second-order valence-electron chi connectivity index (χ2n) is 5.46. The summed E-state index contributed by atoms with van der Waals surface area (Å²) in [6.45, 7) is 3.92. The summed E-state index contributed by atoms with van der Waals surface area (Å²) in [6, 6.07) is 6.97. The van der Waals surface area contributed by atoms with Gasteiger partial charge in [0, 0.05) is 37.9 Å². The van der Waals surface area contributed by atoms with Crippen molar-refractivity contribution in [3.63, 3.8) is 0 Å². The van der Waals surface area contributed by atoms with Gasteiger partial charge in [0.15, 0.2) is 5.75 Å². The number of nitrogens with zero attached hydrogens (tertiary/aromatic N) is 2. The fraction of sp³-hybridized carbons (Fsp3) is 0.312. The van der Waals surface area contributed by atoms with Gasteiger partial charge in [0.05, 0.1) is 16.6 Å². The molecule has 2 aromatic rings. The average Bonchev–Trinajstić information content (AvgIpc) is 2.54. The van der Waals surface area contributed by atoms with E-state index in [1.807, 2.05) is 12.1 Å². The molecule has 1 aromatic carbocycles. The number of anilines is 1. The zero-order valence-corrected chi connectivity index (χ0v) is 13.8. The summed E-state index contributed by atoms with van der Waals surface area (Å²) >= 11 is 12.0. The minimum absolute atomic E-state index is 0.363. The van der Waals surface area contributed by atoms with Gasteiger partial charge in [-0.1, -0.05) is 23.2 Å². The first-order valence-electron chi connectivity index (χ1n) is 7.26. The van der Waals surface area contributed by atoms with Crippen molar-refractivity contribution < 1.29 is 9.52 Å². The Labute approximate surface area is 143 Å². The molecule has 23 heavy (non-hydrogen) atoms. The minimum atomic E-state index is -0.416. The Bertz CT molecular complexity index is 755. The minimum Gasteiger partial charge on any atom is -0.502 e. The molecule has 122 valence electrons. The van der Waals surface area contributed by atoms with Crippen LogP contribution >= 0.6 is 23.2 Å². The molecule has 0 spiro atoms. The summed E-state index contributed by atoms with van der Waals surface area (Å²) in [7, 11) is 0. The Morgan fingerprint density at radius 3 is 2.48 bits per heavy atom. The second-order valence-corrected chi connectivity index (χ2v) is 6.27. The van der Waals surface area contributed by atoms with Crippen molar-refractivity contribution in [3.8, 4) is 5.75 Å². The lowest BCUT2D eigenvalue weighted by molar-refractivity contribution is 0.227. The van der Waals surface area contributed by atoms with E-state index in [1.165, 1.54) is 6.07 Å². The SMILES string of the molecule is O=c1cc(CN2CCN(c3ccc(Cl)c(Cl)c3)CC2)occ1O. The largest absolute Gasteiger partial charge is 0.502 e. The third-order valence-corrected chi connectivity index (χ3v) is 4.63. The Kier molecular flexibility index (Phi) is 4.80. The zero-order chi connectivity index (χ0) is 16.4. The van der Waals surface area contributed by atoms with E-state index in [9.17, 15) is 9.90 Å². The Hall–Kier alpha value is -1.69. The van der Waals surface area contributed by atoms with Gasteiger partial charge < -0.3 is 14.4 Å². The van der Waals surface area contributed by atoms with Gasteiger partial charge in [-0.25, -0.2) is 0 Å². The van der Waals surface area contributed by atoms with Gasteiger partial charge in [0.2, 0.25) is 5.43 Å². The molecule has 0 unspecified atom stereocenters. The van der Waals surface area contributed by atoms with Crippen molar-refractivity contribution in [2.45, 2.75) is 6.54 Å². The number of benzene rings is 1. The summed E-state index contributed by atoms with van der Waals surface area (Å²) in [6.07, 6.45) is 1.09. The summed E-state index contributed by atoms with van der Waals surface area (Å²) in [5.41, 5.74) is 0.635. The summed E-state index contributed by atoms with van der Waals surface area (Å²) in [4.78, 5) is 15.9. The number of hydrogen-bond acceptors (Lipinski definition) is 5. The Balaban J connectivity index is 1.60. The molecule has 5 nitrogen and oxygen atoms in total. The molecule has 0 bridgehead atoms. The van der Waals surface area contributed by atoms with Crippen molar-refractivity contribution >= 4 is 28.9 Å². The molecule has 7 heteroatoms. The monoisotopic (exact) mass is 354 g/mol. The normalized spacial score (nSPS) is 15.8. The lowest BCUT2D eigenvalue weighted by atomic mass is 10.2. The number of halogens is 2. The summed E-state index contributed by atoms with van der Waals surface area (Å²) in [5.74, 6) is 0.189. The third kappa shape index (κ3) is 3.80. The molecule has 1 aliphatic rings. The van der Waals surface area contributed by atoms with E-state index in [0.29, 0.717) is 22.4 Å². The van der Waals surface area contributed by atoms with E-state index < -0.39 is 5.43 Å². The lowest BCUT2D eigenvalue weighted by Gasteiger charge is -2.35. The van der Waals surface area contributed by atoms with Crippen LogP contribution in [0.5, 0.6) is 5.75 Å². The van der Waals surface area contributed by atoms with Crippen LogP contribution < -0.4 is 10.3 Å². The first-order chi connectivity index (χ1) is 11.0. The lowest BCUT2D eigenvalue weighted by Crippen LogP contribution is -2.46. The second kappa shape index (κ2) is 6.83. The maximum Gasteiger partial charge on any atom is 0.226 e. The quantitative estimate of drug-likeness (QED) is 0.918. The molecule has 2 heterocycles. The van der Waals surface area contributed by atoms with Crippen LogP contribution in [0.15, 0.2) is 39.7 Å². The molecule has 0 saturated carbocycles. The van der Waals surface area contributed by atoms with Gasteiger partial charge in [-0.2, -0.15) is 0 Å². The van der Waals surface area contributed by atoms with Gasteiger partial charge in [-0.05, 0) is 18.2 Å². The fourth-order valence-corrected chi connectivity index (χ4v) is 2.89. The standard InChI is InChI=1S/C16H16Cl2N2O3/c17-13-2-1-11(7-14(13)18)20-5-3-19(4-6-20)9-12-8-15(21)16(22)10-23-12/h1-2,7-8,10,22H,3-6,9H2. The molecular formula is C16H16Cl2N2O3. The zero-order valence-electron chi connectivity index (χ0n) is 12.3. The van der Waals surface area contributed by atoms with Crippen LogP contribution in [0.1, 0.15) is 5.76 Å². The molecule has 0 atom stereocenters. The average molecular weight is 355 g/mol. The number of rotatable bonds is 3. The van der Waals surface area contributed by atoms with Crippen LogP contribution in [0.3, 0.4) is 0 Å². The first kappa shape index (κ1) is 16.2. The van der Waals surface area contributed by atoms with Crippen molar-refractivity contribution in [1.82, 2.24) is 4.90 Å². The van der Waals surface area contributed by atoms with Gasteiger partial charge in [0.1, 0.15) is 12.0 Å².